The van der Waals surface area contributed by atoms with Crippen LogP contribution in [-0.4, -0.2) is 62.2 Å². The number of hydrogen-bond acceptors (Lipinski definition) is 5. The molecule has 0 aliphatic carbocycles. The van der Waals surface area contributed by atoms with Crippen molar-refractivity contribution in [2.45, 2.75) is 6.92 Å². The van der Waals surface area contributed by atoms with Crippen LogP contribution in [0.25, 0.3) is 11.3 Å². The molecule has 0 radical (unpaired) electrons. The van der Waals surface area contributed by atoms with Crippen LogP contribution in [0.5, 0.6) is 0 Å². The van der Waals surface area contributed by atoms with Crippen molar-refractivity contribution in [1.82, 2.24) is 14.6 Å². The zero-order valence-corrected chi connectivity index (χ0v) is 16.4. The number of carbonyl (C=O) groups excluding carboxylic acids is 1. The Balaban J connectivity index is 1.62. The average molecular weight is 405 g/mol. The molecule has 9 heteroatoms. The van der Waals surface area contributed by atoms with E-state index in [0.717, 1.165) is 11.1 Å². The van der Waals surface area contributed by atoms with E-state index < -0.39 is 21.5 Å². The highest BCUT2D eigenvalue weighted by molar-refractivity contribution is 7.89. The van der Waals surface area contributed by atoms with Crippen LogP contribution in [-0.2, 0) is 14.8 Å². The molecule has 28 heavy (non-hydrogen) atoms. The molecule has 1 saturated heterocycles. The number of nitrogens with one attached hydrogen (secondary N) is 2. The number of aromatic nitrogens is 1. The van der Waals surface area contributed by atoms with Crippen molar-refractivity contribution in [1.29, 1.82) is 0 Å². The number of benzene rings is 1. The maximum Gasteiger partial charge on any atom is 0.261 e. The van der Waals surface area contributed by atoms with Crippen molar-refractivity contribution in [2.24, 2.45) is 0 Å². The molecule has 0 atom stereocenters. The maximum atomic E-state index is 12.3. The second-order valence-corrected chi connectivity index (χ2v) is 8.66. The topological polar surface area (TPSA) is 109 Å². The molecular weight excluding hydrogens is 382 g/mol. The van der Waals surface area contributed by atoms with Gasteiger partial charge in [0.05, 0.1) is 19.0 Å². The van der Waals surface area contributed by atoms with Gasteiger partial charge >= 0.3 is 0 Å². The Morgan fingerprint density at radius 1 is 1.21 bits per heavy atom. The molecule has 3 rings (SSSR count). The van der Waals surface area contributed by atoms with Gasteiger partial charge in [-0.05, 0) is 30.7 Å². The van der Waals surface area contributed by atoms with Gasteiger partial charge in [0.2, 0.25) is 10.0 Å². The SMILES string of the molecule is Cc1cccc(-c2ccc(C(=O)NCCS(=O)(=O)N3CCOCC3)c(=O)[nH]2)c1. The number of ether oxygens (including phenoxy) is 1. The summed E-state index contributed by atoms with van der Waals surface area (Å²) in [5, 5.41) is 2.51. The van der Waals surface area contributed by atoms with Crippen molar-refractivity contribution in [2.75, 3.05) is 38.6 Å². The van der Waals surface area contributed by atoms with Crippen LogP contribution >= 0.6 is 0 Å². The summed E-state index contributed by atoms with van der Waals surface area (Å²) in [6.45, 7) is 3.25. The second-order valence-electron chi connectivity index (χ2n) is 6.57. The lowest BCUT2D eigenvalue weighted by Gasteiger charge is -2.26. The third-order valence-corrected chi connectivity index (χ3v) is 6.36. The average Bonchev–Trinajstić information content (AvgIpc) is 2.68. The van der Waals surface area contributed by atoms with E-state index in [0.29, 0.717) is 32.0 Å². The number of pyridine rings is 1. The van der Waals surface area contributed by atoms with Crippen LogP contribution in [0.3, 0.4) is 0 Å². The van der Waals surface area contributed by atoms with Gasteiger partial charge in [-0.15, -0.1) is 0 Å². The summed E-state index contributed by atoms with van der Waals surface area (Å²) in [7, 11) is -3.47. The number of sulfonamides is 1. The summed E-state index contributed by atoms with van der Waals surface area (Å²) in [4.78, 5) is 27.3. The van der Waals surface area contributed by atoms with Crippen LogP contribution in [0, 0.1) is 6.92 Å². The number of H-pyrrole nitrogens is 1. The number of aryl methyl sites for hydroxylation is 1. The van der Waals surface area contributed by atoms with Gasteiger partial charge in [-0.3, -0.25) is 9.59 Å². The van der Waals surface area contributed by atoms with Crippen molar-refractivity contribution in [3.05, 3.63) is 57.9 Å². The molecule has 0 bridgehead atoms. The molecule has 1 aliphatic rings. The van der Waals surface area contributed by atoms with E-state index in [1.807, 2.05) is 31.2 Å². The van der Waals surface area contributed by atoms with Gasteiger partial charge in [0, 0.05) is 25.3 Å². The Hall–Kier alpha value is -2.49. The van der Waals surface area contributed by atoms with Gasteiger partial charge in [0.1, 0.15) is 5.56 Å². The van der Waals surface area contributed by atoms with E-state index in [-0.39, 0.29) is 17.9 Å². The van der Waals surface area contributed by atoms with Crippen molar-refractivity contribution in [3.8, 4) is 11.3 Å². The number of nitrogens with zero attached hydrogens (tertiary/aromatic N) is 1. The number of morpholine rings is 1. The molecule has 2 heterocycles. The largest absolute Gasteiger partial charge is 0.379 e. The molecule has 0 saturated carbocycles. The highest BCUT2D eigenvalue weighted by atomic mass is 32.2. The van der Waals surface area contributed by atoms with Crippen LogP contribution in [0.15, 0.2) is 41.2 Å². The molecule has 1 aromatic carbocycles. The first-order chi connectivity index (χ1) is 13.4. The summed E-state index contributed by atoms with van der Waals surface area (Å²) in [6.07, 6.45) is 0. The van der Waals surface area contributed by atoms with Gasteiger partial charge in [0.15, 0.2) is 0 Å². The normalized spacial score (nSPS) is 15.3. The first kappa shape index (κ1) is 20.2. The van der Waals surface area contributed by atoms with Gasteiger partial charge in [0.25, 0.3) is 11.5 Å². The maximum absolute atomic E-state index is 12.3. The van der Waals surface area contributed by atoms with Gasteiger partial charge < -0.3 is 15.0 Å². The first-order valence-corrected chi connectivity index (χ1v) is 10.6. The first-order valence-electron chi connectivity index (χ1n) is 9.01. The van der Waals surface area contributed by atoms with E-state index in [9.17, 15) is 18.0 Å². The predicted octanol–water partition coefficient (Wildman–Crippen LogP) is 0.742. The number of aromatic amines is 1. The predicted molar refractivity (Wildman–Crippen MR) is 106 cm³/mol. The van der Waals surface area contributed by atoms with E-state index in [2.05, 4.69) is 10.3 Å². The lowest BCUT2D eigenvalue weighted by Crippen LogP contribution is -2.44. The van der Waals surface area contributed by atoms with Gasteiger partial charge in [-0.2, -0.15) is 4.31 Å². The number of hydrogen-bond donors (Lipinski definition) is 2. The quantitative estimate of drug-likeness (QED) is 0.737. The molecule has 2 N–H and O–H groups in total. The molecule has 1 amide bonds. The van der Waals surface area contributed by atoms with Crippen molar-refractivity contribution in [3.63, 3.8) is 0 Å². The fourth-order valence-corrected chi connectivity index (χ4v) is 4.30. The monoisotopic (exact) mass is 405 g/mol. The Morgan fingerprint density at radius 3 is 2.64 bits per heavy atom. The molecule has 0 unspecified atom stereocenters. The summed E-state index contributed by atoms with van der Waals surface area (Å²) in [5.41, 5.74) is 1.94. The van der Waals surface area contributed by atoms with E-state index in [1.54, 1.807) is 6.07 Å². The fourth-order valence-electron chi connectivity index (χ4n) is 2.98. The molecule has 0 spiro atoms. The molecule has 1 aromatic heterocycles. The van der Waals surface area contributed by atoms with E-state index in [4.69, 9.17) is 4.74 Å². The van der Waals surface area contributed by atoms with Crippen LogP contribution < -0.4 is 10.9 Å². The minimum atomic E-state index is -3.47. The number of carbonyl (C=O) groups is 1. The molecule has 1 fully saturated rings. The molecular formula is C19H23N3O5S. The molecule has 8 nitrogen and oxygen atoms in total. The fraction of sp³-hybridized carbons (Fsp3) is 0.368. The summed E-state index contributed by atoms with van der Waals surface area (Å²) in [6, 6.07) is 10.8. The Labute approximate surface area is 163 Å². The standard InChI is InChI=1S/C19H23N3O5S/c1-14-3-2-4-15(13-14)17-6-5-16(19(24)21-17)18(23)20-7-12-28(25,26)22-8-10-27-11-9-22/h2-6,13H,7-12H2,1H3,(H,20,23)(H,21,24). The minimum absolute atomic E-state index is 0.0554. The van der Waals surface area contributed by atoms with Crippen molar-refractivity contribution >= 4 is 15.9 Å². The highest BCUT2D eigenvalue weighted by Crippen LogP contribution is 2.16. The van der Waals surface area contributed by atoms with Crippen molar-refractivity contribution < 1.29 is 17.9 Å². The van der Waals surface area contributed by atoms with Gasteiger partial charge in [-0.25, -0.2) is 8.42 Å². The summed E-state index contributed by atoms with van der Waals surface area (Å²) >= 11 is 0. The summed E-state index contributed by atoms with van der Waals surface area (Å²) < 4.78 is 31.0. The Bertz CT molecular complexity index is 1010. The summed E-state index contributed by atoms with van der Waals surface area (Å²) in [5.74, 6) is -0.827. The second kappa shape index (κ2) is 8.68. The third-order valence-electron chi connectivity index (χ3n) is 4.49. The van der Waals surface area contributed by atoms with Crippen LogP contribution in [0.4, 0.5) is 0 Å². The van der Waals surface area contributed by atoms with Crippen LogP contribution in [0.2, 0.25) is 0 Å². The van der Waals surface area contributed by atoms with Crippen LogP contribution in [0.1, 0.15) is 15.9 Å². The molecule has 150 valence electrons. The minimum Gasteiger partial charge on any atom is -0.379 e. The third kappa shape index (κ3) is 4.86. The lowest BCUT2D eigenvalue weighted by atomic mass is 10.1. The molecule has 2 aromatic rings. The van der Waals surface area contributed by atoms with E-state index in [1.165, 1.54) is 10.4 Å². The molecule has 1 aliphatic heterocycles. The zero-order chi connectivity index (χ0) is 20.1. The lowest BCUT2D eigenvalue weighted by molar-refractivity contribution is 0.0730. The van der Waals surface area contributed by atoms with E-state index >= 15 is 0 Å². The Kier molecular flexibility index (Phi) is 6.28. The Morgan fingerprint density at radius 2 is 1.96 bits per heavy atom. The zero-order valence-electron chi connectivity index (χ0n) is 15.6. The number of amides is 1. The number of rotatable bonds is 6. The highest BCUT2D eigenvalue weighted by Gasteiger charge is 2.24. The smallest absolute Gasteiger partial charge is 0.261 e. The van der Waals surface area contributed by atoms with Gasteiger partial charge in [-0.1, -0.05) is 23.8 Å².